The predicted octanol–water partition coefficient (Wildman–Crippen LogP) is 1.26. The van der Waals surface area contributed by atoms with Crippen LogP contribution >= 0.6 is 0 Å². The number of pyridine rings is 1. The van der Waals surface area contributed by atoms with Crippen molar-refractivity contribution >= 4 is 11.3 Å². The van der Waals surface area contributed by atoms with E-state index in [1.54, 1.807) is 0 Å². The first kappa shape index (κ1) is 7.79. The van der Waals surface area contributed by atoms with Gasteiger partial charge >= 0.3 is 0 Å². The molecule has 0 amide bonds. The summed E-state index contributed by atoms with van der Waals surface area (Å²) in [5, 5.41) is 8.26. The number of hydrogen-bond acceptors (Lipinski definition) is 3. The molecular formula is C10H12N4. The number of nitrogens with two attached hydrogens (primary N) is 1. The summed E-state index contributed by atoms with van der Waals surface area (Å²) in [6.07, 6.45) is 5.67. The van der Waals surface area contributed by atoms with Gasteiger partial charge in [0, 0.05) is 12.6 Å². The maximum Gasteiger partial charge on any atom is 0.183 e. The molecule has 1 aliphatic rings. The molecule has 0 aliphatic heterocycles. The number of anilines is 1. The molecule has 4 heteroatoms. The smallest absolute Gasteiger partial charge is 0.183 e. The number of aromatic nitrogens is 3. The summed E-state index contributed by atoms with van der Waals surface area (Å²) in [5.74, 6) is 1.86. The Morgan fingerprint density at radius 2 is 2.29 bits per heavy atom. The lowest BCUT2D eigenvalue weighted by Gasteiger charge is -1.98. The van der Waals surface area contributed by atoms with Crippen LogP contribution in [0.15, 0.2) is 18.3 Å². The minimum absolute atomic E-state index is 0.696. The average Bonchev–Trinajstić information content (AvgIpc) is 2.88. The predicted molar refractivity (Wildman–Crippen MR) is 53.8 cm³/mol. The van der Waals surface area contributed by atoms with E-state index in [0.717, 1.165) is 23.8 Å². The fraction of sp³-hybridized carbons (Fsp3) is 0.400. The molecule has 2 aromatic rings. The van der Waals surface area contributed by atoms with Crippen LogP contribution in [0.1, 0.15) is 18.7 Å². The molecule has 1 saturated carbocycles. The molecule has 0 saturated heterocycles. The molecule has 0 atom stereocenters. The Bertz CT molecular complexity index is 470. The van der Waals surface area contributed by atoms with Crippen LogP contribution in [0.4, 0.5) is 5.69 Å². The van der Waals surface area contributed by atoms with Crippen molar-refractivity contribution in [3.63, 3.8) is 0 Å². The van der Waals surface area contributed by atoms with Gasteiger partial charge in [-0.1, -0.05) is 0 Å². The van der Waals surface area contributed by atoms with Gasteiger partial charge in [0.05, 0.1) is 5.69 Å². The summed E-state index contributed by atoms with van der Waals surface area (Å²) in [6, 6.07) is 3.78. The molecule has 1 fully saturated rings. The fourth-order valence-corrected chi connectivity index (χ4v) is 1.70. The Morgan fingerprint density at radius 1 is 1.43 bits per heavy atom. The summed E-state index contributed by atoms with van der Waals surface area (Å²) in [5.41, 5.74) is 7.27. The molecule has 0 spiro atoms. The average molecular weight is 188 g/mol. The van der Waals surface area contributed by atoms with E-state index in [-0.39, 0.29) is 0 Å². The van der Waals surface area contributed by atoms with Crippen molar-refractivity contribution in [2.45, 2.75) is 19.3 Å². The summed E-state index contributed by atoms with van der Waals surface area (Å²) in [7, 11) is 0. The highest BCUT2D eigenvalue weighted by Crippen LogP contribution is 2.32. The van der Waals surface area contributed by atoms with Gasteiger partial charge in [0.15, 0.2) is 5.65 Å². The third kappa shape index (κ3) is 1.14. The maximum atomic E-state index is 5.79. The van der Waals surface area contributed by atoms with Crippen LogP contribution in [0, 0.1) is 5.92 Å². The van der Waals surface area contributed by atoms with Crippen molar-refractivity contribution in [3.05, 3.63) is 24.2 Å². The molecule has 72 valence electrons. The van der Waals surface area contributed by atoms with Crippen molar-refractivity contribution in [1.29, 1.82) is 0 Å². The van der Waals surface area contributed by atoms with Crippen LogP contribution in [0.3, 0.4) is 0 Å². The SMILES string of the molecule is Nc1cccn2c(CC3CC3)nnc12. The van der Waals surface area contributed by atoms with Gasteiger partial charge in [-0.15, -0.1) is 10.2 Å². The molecule has 2 aromatic heterocycles. The molecular weight excluding hydrogens is 176 g/mol. The zero-order valence-electron chi connectivity index (χ0n) is 7.85. The number of nitrogens with zero attached hydrogens (tertiary/aromatic N) is 3. The van der Waals surface area contributed by atoms with Gasteiger partial charge in [0.25, 0.3) is 0 Å². The van der Waals surface area contributed by atoms with E-state index in [1.807, 2.05) is 22.7 Å². The van der Waals surface area contributed by atoms with Crippen LogP contribution in [0.25, 0.3) is 5.65 Å². The van der Waals surface area contributed by atoms with Gasteiger partial charge in [-0.05, 0) is 30.9 Å². The second kappa shape index (κ2) is 2.70. The standard InChI is InChI=1S/C10H12N4/c11-8-2-1-5-14-9(6-7-3-4-7)12-13-10(8)14/h1-2,5,7H,3-4,6,11H2. The summed E-state index contributed by atoms with van der Waals surface area (Å²) in [4.78, 5) is 0. The Labute approximate surface area is 81.8 Å². The van der Waals surface area contributed by atoms with Crippen molar-refractivity contribution in [2.24, 2.45) is 5.92 Å². The number of rotatable bonds is 2. The lowest BCUT2D eigenvalue weighted by Crippen LogP contribution is -1.97. The number of fused-ring (bicyclic) bond motifs is 1. The van der Waals surface area contributed by atoms with E-state index in [0.29, 0.717) is 5.69 Å². The van der Waals surface area contributed by atoms with Crippen molar-refractivity contribution in [2.75, 3.05) is 5.73 Å². The first-order chi connectivity index (χ1) is 6.84. The number of hydrogen-bond donors (Lipinski definition) is 1. The minimum atomic E-state index is 0.696. The maximum absolute atomic E-state index is 5.79. The molecule has 0 aromatic carbocycles. The molecule has 4 nitrogen and oxygen atoms in total. The zero-order valence-corrected chi connectivity index (χ0v) is 7.85. The van der Waals surface area contributed by atoms with E-state index in [1.165, 1.54) is 12.8 Å². The highest BCUT2D eigenvalue weighted by atomic mass is 15.2. The molecule has 3 rings (SSSR count). The Hall–Kier alpha value is -1.58. The van der Waals surface area contributed by atoms with Crippen molar-refractivity contribution < 1.29 is 0 Å². The highest BCUT2D eigenvalue weighted by molar-refractivity contribution is 5.63. The van der Waals surface area contributed by atoms with Crippen molar-refractivity contribution in [3.8, 4) is 0 Å². The normalized spacial score (nSPS) is 16.3. The zero-order chi connectivity index (χ0) is 9.54. The largest absolute Gasteiger partial charge is 0.396 e. The van der Waals surface area contributed by atoms with Gasteiger partial charge in [-0.25, -0.2) is 0 Å². The third-order valence-corrected chi connectivity index (χ3v) is 2.70. The Morgan fingerprint density at radius 3 is 3.07 bits per heavy atom. The van der Waals surface area contributed by atoms with Crippen LogP contribution < -0.4 is 5.73 Å². The van der Waals surface area contributed by atoms with Gasteiger partial charge < -0.3 is 5.73 Å². The molecule has 1 aliphatic carbocycles. The Kier molecular flexibility index (Phi) is 1.50. The van der Waals surface area contributed by atoms with Crippen LogP contribution in [-0.2, 0) is 6.42 Å². The summed E-state index contributed by atoms with van der Waals surface area (Å²) >= 11 is 0. The second-order valence-electron chi connectivity index (χ2n) is 3.92. The lowest BCUT2D eigenvalue weighted by molar-refractivity contribution is 0.758. The molecule has 2 heterocycles. The first-order valence-electron chi connectivity index (χ1n) is 4.92. The first-order valence-corrected chi connectivity index (χ1v) is 4.92. The molecule has 2 N–H and O–H groups in total. The van der Waals surface area contributed by atoms with E-state index >= 15 is 0 Å². The third-order valence-electron chi connectivity index (χ3n) is 2.70. The highest BCUT2D eigenvalue weighted by Gasteiger charge is 2.24. The summed E-state index contributed by atoms with van der Waals surface area (Å²) in [6.45, 7) is 0. The monoisotopic (exact) mass is 188 g/mol. The van der Waals surface area contributed by atoms with Gasteiger partial charge in [0.1, 0.15) is 5.82 Å². The minimum Gasteiger partial charge on any atom is -0.396 e. The molecule has 0 unspecified atom stereocenters. The molecule has 0 radical (unpaired) electrons. The van der Waals surface area contributed by atoms with Gasteiger partial charge in [-0.3, -0.25) is 4.40 Å². The second-order valence-corrected chi connectivity index (χ2v) is 3.92. The summed E-state index contributed by atoms with van der Waals surface area (Å²) < 4.78 is 1.99. The quantitative estimate of drug-likeness (QED) is 0.772. The molecule has 0 bridgehead atoms. The fourth-order valence-electron chi connectivity index (χ4n) is 1.70. The van der Waals surface area contributed by atoms with Gasteiger partial charge in [0.2, 0.25) is 0 Å². The van der Waals surface area contributed by atoms with Crippen LogP contribution in [0.2, 0.25) is 0 Å². The lowest BCUT2D eigenvalue weighted by atomic mass is 10.3. The van der Waals surface area contributed by atoms with E-state index < -0.39 is 0 Å². The van der Waals surface area contributed by atoms with Crippen LogP contribution in [-0.4, -0.2) is 14.6 Å². The van der Waals surface area contributed by atoms with Crippen LogP contribution in [0.5, 0.6) is 0 Å². The van der Waals surface area contributed by atoms with E-state index in [9.17, 15) is 0 Å². The number of nitrogen functional groups attached to an aromatic ring is 1. The van der Waals surface area contributed by atoms with Gasteiger partial charge in [-0.2, -0.15) is 0 Å². The molecule has 14 heavy (non-hydrogen) atoms. The van der Waals surface area contributed by atoms with E-state index in [2.05, 4.69) is 10.2 Å². The topological polar surface area (TPSA) is 56.2 Å². The van der Waals surface area contributed by atoms with E-state index in [4.69, 9.17) is 5.73 Å². The Balaban J connectivity index is 2.10. The van der Waals surface area contributed by atoms with Crippen molar-refractivity contribution in [1.82, 2.24) is 14.6 Å².